The minimum absolute atomic E-state index is 0.182. The number of nitrogens with zero attached hydrogens (tertiary/aromatic N) is 1. The van der Waals surface area contributed by atoms with Gasteiger partial charge in [-0.1, -0.05) is 31.2 Å². The summed E-state index contributed by atoms with van der Waals surface area (Å²) in [5, 5.41) is 4.15. The fourth-order valence-corrected chi connectivity index (χ4v) is 3.50. The van der Waals surface area contributed by atoms with Crippen LogP contribution in [-0.2, 0) is 13.0 Å². The second-order valence-corrected chi connectivity index (χ2v) is 6.95. The summed E-state index contributed by atoms with van der Waals surface area (Å²) < 4.78 is 13.1. The molecule has 0 bridgehead atoms. The van der Waals surface area contributed by atoms with Gasteiger partial charge < -0.3 is 15.1 Å². The number of hydrogen-bond acceptors (Lipinski definition) is 1. The quantitative estimate of drug-likeness (QED) is 0.820. The molecular formula is C20H25FN3S+. The Bertz CT molecular complexity index is 717. The van der Waals surface area contributed by atoms with Crippen LogP contribution in [0.25, 0.3) is 0 Å². The first kappa shape index (κ1) is 17.8. The first-order valence-electron chi connectivity index (χ1n) is 8.87. The van der Waals surface area contributed by atoms with E-state index in [0.717, 1.165) is 55.5 Å². The van der Waals surface area contributed by atoms with E-state index in [2.05, 4.69) is 41.4 Å². The lowest BCUT2D eigenvalue weighted by molar-refractivity contribution is -0.927. The van der Waals surface area contributed by atoms with Gasteiger partial charge in [0, 0.05) is 24.2 Å². The standard InChI is InChI=1S/C20H24FN3S/c1-2-16-5-3-6-19(13-16)22-20(25)24-12-4-11-23(15-24)14-17-7-9-18(21)10-8-17/h3,5-10,13H,2,4,11-12,14-15H2,1H3,(H,22,25)/p+1. The van der Waals surface area contributed by atoms with Crippen LogP contribution in [0.2, 0.25) is 0 Å². The lowest BCUT2D eigenvalue weighted by Crippen LogP contribution is -3.13. The van der Waals surface area contributed by atoms with E-state index in [1.54, 1.807) is 0 Å². The Hall–Kier alpha value is -1.98. The molecule has 0 radical (unpaired) electrons. The van der Waals surface area contributed by atoms with E-state index in [1.165, 1.54) is 22.6 Å². The van der Waals surface area contributed by atoms with E-state index in [0.29, 0.717) is 0 Å². The van der Waals surface area contributed by atoms with E-state index in [1.807, 2.05) is 12.1 Å². The smallest absolute Gasteiger partial charge is 0.177 e. The van der Waals surface area contributed by atoms with E-state index in [9.17, 15) is 4.39 Å². The molecule has 1 atom stereocenters. The van der Waals surface area contributed by atoms with Gasteiger partial charge in [0.2, 0.25) is 0 Å². The number of benzene rings is 2. The van der Waals surface area contributed by atoms with E-state index in [-0.39, 0.29) is 5.82 Å². The Morgan fingerprint density at radius 2 is 2.00 bits per heavy atom. The van der Waals surface area contributed by atoms with Crippen LogP contribution in [0.1, 0.15) is 24.5 Å². The van der Waals surface area contributed by atoms with Gasteiger partial charge in [-0.05, 0) is 48.5 Å². The largest absolute Gasteiger partial charge is 0.332 e. The minimum atomic E-state index is -0.182. The SMILES string of the molecule is CCc1cccc(NC(=S)N2CCC[NH+](Cc3ccc(F)cc3)C2)c1. The van der Waals surface area contributed by atoms with Crippen LogP contribution in [-0.4, -0.2) is 29.8 Å². The van der Waals surface area contributed by atoms with Crippen molar-refractivity contribution in [1.82, 2.24) is 4.90 Å². The summed E-state index contributed by atoms with van der Waals surface area (Å²) in [6.45, 7) is 6.01. The molecule has 1 unspecified atom stereocenters. The van der Waals surface area contributed by atoms with Gasteiger partial charge in [-0.3, -0.25) is 0 Å². The Labute approximate surface area is 154 Å². The first-order valence-corrected chi connectivity index (χ1v) is 9.28. The third-order valence-corrected chi connectivity index (χ3v) is 4.97. The van der Waals surface area contributed by atoms with E-state index >= 15 is 0 Å². The topological polar surface area (TPSA) is 19.7 Å². The zero-order valence-corrected chi connectivity index (χ0v) is 15.4. The monoisotopic (exact) mass is 358 g/mol. The highest BCUT2D eigenvalue weighted by atomic mass is 32.1. The van der Waals surface area contributed by atoms with Crippen molar-refractivity contribution in [3.8, 4) is 0 Å². The third kappa shape index (κ3) is 5.00. The Morgan fingerprint density at radius 3 is 2.76 bits per heavy atom. The molecule has 2 aromatic rings. The lowest BCUT2D eigenvalue weighted by Gasteiger charge is -2.34. The van der Waals surface area contributed by atoms with Gasteiger partial charge in [-0.2, -0.15) is 0 Å². The highest BCUT2D eigenvalue weighted by molar-refractivity contribution is 7.80. The molecule has 132 valence electrons. The maximum absolute atomic E-state index is 13.1. The molecule has 2 aromatic carbocycles. The average Bonchev–Trinajstić information content (AvgIpc) is 2.64. The maximum Gasteiger partial charge on any atom is 0.177 e. The average molecular weight is 359 g/mol. The molecule has 1 fully saturated rings. The third-order valence-electron chi connectivity index (χ3n) is 4.61. The summed E-state index contributed by atoms with van der Waals surface area (Å²) in [7, 11) is 0. The number of anilines is 1. The van der Waals surface area contributed by atoms with Gasteiger partial charge in [-0.25, -0.2) is 4.39 Å². The van der Waals surface area contributed by atoms with E-state index in [4.69, 9.17) is 12.2 Å². The molecule has 1 aliphatic heterocycles. The molecule has 1 aliphatic rings. The molecule has 0 saturated carbocycles. The first-order chi connectivity index (χ1) is 12.1. The molecule has 0 spiro atoms. The molecule has 0 aliphatic carbocycles. The van der Waals surface area contributed by atoms with Crippen molar-refractivity contribution < 1.29 is 9.29 Å². The summed E-state index contributed by atoms with van der Waals surface area (Å²) in [5.41, 5.74) is 3.51. The van der Waals surface area contributed by atoms with Crippen molar-refractivity contribution in [2.75, 3.05) is 25.1 Å². The maximum atomic E-state index is 13.1. The molecule has 3 rings (SSSR count). The minimum Gasteiger partial charge on any atom is -0.332 e. The number of thiocarbonyl (C=S) groups is 1. The normalized spacial score (nSPS) is 17.4. The number of nitrogens with one attached hydrogen (secondary N) is 2. The number of quaternary nitrogens is 1. The molecule has 5 heteroatoms. The van der Waals surface area contributed by atoms with Crippen LogP contribution >= 0.6 is 12.2 Å². The fourth-order valence-electron chi connectivity index (χ4n) is 3.23. The summed E-state index contributed by atoms with van der Waals surface area (Å²) in [4.78, 5) is 3.68. The summed E-state index contributed by atoms with van der Waals surface area (Å²) >= 11 is 5.62. The number of hydrogen-bond donors (Lipinski definition) is 2. The molecule has 25 heavy (non-hydrogen) atoms. The predicted octanol–water partition coefficient (Wildman–Crippen LogP) is 2.83. The second kappa shape index (κ2) is 8.41. The van der Waals surface area contributed by atoms with Crippen LogP contribution in [0.4, 0.5) is 10.1 Å². The van der Waals surface area contributed by atoms with Crippen LogP contribution < -0.4 is 10.2 Å². The lowest BCUT2D eigenvalue weighted by atomic mass is 10.1. The number of aryl methyl sites for hydroxylation is 1. The Kier molecular flexibility index (Phi) is 6.00. The second-order valence-electron chi connectivity index (χ2n) is 6.56. The fraction of sp³-hybridized carbons (Fsp3) is 0.350. The molecule has 0 amide bonds. The van der Waals surface area contributed by atoms with Gasteiger partial charge in [0.15, 0.2) is 11.8 Å². The molecule has 1 heterocycles. The van der Waals surface area contributed by atoms with Crippen molar-refractivity contribution in [3.63, 3.8) is 0 Å². The molecular weight excluding hydrogens is 333 g/mol. The Balaban J connectivity index is 1.58. The van der Waals surface area contributed by atoms with Crippen molar-refractivity contribution in [1.29, 1.82) is 0 Å². The van der Waals surface area contributed by atoms with Gasteiger partial charge >= 0.3 is 0 Å². The predicted molar refractivity (Wildman–Crippen MR) is 104 cm³/mol. The van der Waals surface area contributed by atoms with Gasteiger partial charge in [0.1, 0.15) is 12.4 Å². The molecule has 2 N–H and O–H groups in total. The summed E-state index contributed by atoms with van der Waals surface area (Å²) in [6.07, 6.45) is 2.12. The Morgan fingerprint density at radius 1 is 1.20 bits per heavy atom. The van der Waals surface area contributed by atoms with Crippen LogP contribution in [0.3, 0.4) is 0 Å². The van der Waals surface area contributed by atoms with Crippen molar-refractivity contribution in [2.24, 2.45) is 0 Å². The van der Waals surface area contributed by atoms with Crippen LogP contribution in [0.15, 0.2) is 48.5 Å². The van der Waals surface area contributed by atoms with Crippen molar-refractivity contribution >= 4 is 23.0 Å². The van der Waals surface area contributed by atoms with Crippen molar-refractivity contribution in [2.45, 2.75) is 26.3 Å². The number of halogens is 1. The summed E-state index contributed by atoms with van der Waals surface area (Å²) in [6, 6.07) is 15.2. The highest BCUT2D eigenvalue weighted by Crippen LogP contribution is 2.12. The van der Waals surface area contributed by atoms with Crippen molar-refractivity contribution in [3.05, 3.63) is 65.5 Å². The zero-order valence-electron chi connectivity index (χ0n) is 14.6. The van der Waals surface area contributed by atoms with Crippen LogP contribution in [0, 0.1) is 5.82 Å². The van der Waals surface area contributed by atoms with Gasteiger partial charge in [-0.15, -0.1) is 0 Å². The number of rotatable bonds is 4. The summed E-state index contributed by atoms with van der Waals surface area (Å²) in [5.74, 6) is -0.182. The van der Waals surface area contributed by atoms with Gasteiger partial charge in [0.05, 0.1) is 6.54 Å². The molecule has 3 nitrogen and oxygen atoms in total. The zero-order chi connectivity index (χ0) is 17.6. The van der Waals surface area contributed by atoms with E-state index < -0.39 is 0 Å². The molecule has 1 saturated heterocycles. The highest BCUT2D eigenvalue weighted by Gasteiger charge is 2.22. The van der Waals surface area contributed by atoms with Gasteiger partial charge in [0.25, 0.3) is 0 Å². The molecule has 0 aromatic heterocycles. The van der Waals surface area contributed by atoms with Crippen LogP contribution in [0.5, 0.6) is 0 Å².